The van der Waals surface area contributed by atoms with E-state index in [0.29, 0.717) is 13.2 Å². The molecule has 0 spiro atoms. The van der Waals surface area contributed by atoms with Gasteiger partial charge in [0.05, 0.1) is 17.9 Å². The van der Waals surface area contributed by atoms with Crippen LogP contribution in [0, 0.1) is 11.7 Å². The average Bonchev–Trinajstić information content (AvgIpc) is 2.48. The third-order valence-corrected chi connectivity index (χ3v) is 3.27. The second-order valence-corrected chi connectivity index (χ2v) is 4.92. The third-order valence-electron chi connectivity index (χ3n) is 3.27. The Kier molecular flexibility index (Phi) is 5.10. The zero-order valence-electron chi connectivity index (χ0n) is 11.4. The van der Waals surface area contributed by atoms with Gasteiger partial charge in [-0.2, -0.15) is 0 Å². The Morgan fingerprint density at radius 3 is 2.90 bits per heavy atom. The first kappa shape index (κ1) is 15.2. The highest BCUT2D eigenvalue weighted by molar-refractivity contribution is 5.93. The molecular formula is C14H17FN2O4. The van der Waals surface area contributed by atoms with E-state index in [1.54, 1.807) is 0 Å². The number of hydrogen-bond donors (Lipinski definition) is 3. The molecule has 1 atom stereocenters. The fourth-order valence-electron chi connectivity index (χ4n) is 2.13. The van der Waals surface area contributed by atoms with Crippen LogP contribution >= 0.6 is 0 Å². The molecule has 1 aliphatic rings. The van der Waals surface area contributed by atoms with Crippen LogP contribution in [0.5, 0.6) is 0 Å². The number of urea groups is 1. The lowest BCUT2D eigenvalue weighted by atomic mass is 10.0. The maximum atomic E-state index is 13.5. The Hall–Kier alpha value is -2.15. The van der Waals surface area contributed by atoms with E-state index in [9.17, 15) is 14.0 Å². The lowest BCUT2D eigenvalue weighted by molar-refractivity contribution is 0.0559. The summed E-state index contributed by atoms with van der Waals surface area (Å²) in [7, 11) is 0. The van der Waals surface area contributed by atoms with Gasteiger partial charge in [-0.05, 0) is 37.0 Å². The van der Waals surface area contributed by atoms with E-state index >= 15 is 0 Å². The Labute approximate surface area is 121 Å². The van der Waals surface area contributed by atoms with Crippen LogP contribution in [0.3, 0.4) is 0 Å². The van der Waals surface area contributed by atoms with Crippen LogP contribution in [0.25, 0.3) is 0 Å². The second-order valence-electron chi connectivity index (χ2n) is 4.92. The molecule has 2 amide bonds. The highest BCUT2D eigenvalue weighted by Crippen LogP contribution is 2.16. The normalized spacial score (nSPS) is 18.0. The number of anilines is 1. The molecule has 1 saturated heterocycles. The van der Waals surface area contributed by atoms with Crippen LogP contribution in [-0.2, 0) is 4.74 Å². The minimum absolute atomic E-state index is 0.0904. The van der Waals surface area contributed by atoms with Crippen molar-refractivity contribution in [3.8, 4) is 0 Å². The molecule has 1 aromatic rings. The van der Waals surface area contributed by atoms with Gasteiger partial charge in [0.1, 0.15) is 5.82 Å². The summed E-state index contributed by atoms with van der Waals surface area (Å²) in [6, 6.07) is 2.66. The summed E-state index contributed by atoms with van der Waals surface area (Å²) < 4.78 is 18.8. The first-order valence-corrected chi connectivity index (χ1v) is 6.71. The standard InChI is InChI=1S/C14H17FN2O4/c15-11-4-3-10(13(18)19)6-12(11)17-14(20)16-7-9-2-1-5-21-8-9/h3-4,6,9H,1-2,5,7-8H2,(H,18,19)(H2,16,17,20). The van der Waals surface area contributed by atoms with Crippen LogP contribution in [0.15, 0.2) is 18.2 Å². The summed E-state index contributed by atoms with van der Waals surface area (Å²) in [6.07, 6.45) is 1.94. The Balaban J connectivity index is 1.89. The fourth-order valence-corrected chi connectivity index (χ4v) is 2.13. The maximum Gasteiger partial charge on any atom is 0.335 e. The van der Waals surface area contributed by atoms with Crippen molar-refractivity contribution in [3.63, 3.8) is 0 Å². The van der Waals surface area contributed by atoms with Gasteiger partial charge in [0.2, 0.25) is 0 Å². The molecule has 1 aliphatic heterocycles. The first-order chi connectivity index (χ1) is 10.1. The molecule has 0 aliphatic carbocycles. The average molecular weight is 296 g/mol. The molecule has 114 valence electrons. The molecule has 1 aromatic carbocycles. The highest BCUT2D eigenvalue weighted by atomic mass is 19.1. The second kappa shape index (κ2) is 7.03. The molecule has 0 saturated carbocycles. The number of benzene rings is 1. The minimum Gasteiger partial charge on any atom is -0.478 e. The van der Waals surface area contributed by atoms with Gasteiger partial charge >= 0.3 is 12.0 Å². The fraction of sp³-hybridized carbons (Fsp3) is 0.429. The molecule has 21 heavy (non-hydrogen) atoms. The number of rotatable bonds is 4. The van der Waals surface area contributed by atoms with Crippen molar-refractivity contribution in [1.29, 1.82) is 0 Å². The summed E-state index contributed by atoms with van der Waals surface area (Å²) in [5, 5.41) is 13.8. The maximum absolute atomic E-state index is 13.5. The van der Waals surface area contributed by atoms with Crippen molar-refractivity contribution in [1.82, 2.24) is 5.32 Å². The topological polar surface area (TPSA) is 87.7 Å². The van der Waals surface area contributed by atoms with Crippen molar-refractivity contribution in [2.24, 2.45) is 5.92 Å². The van der Waals surface area contributed by atoms with E-state index < -0.39 is 17.8 Å². The van der Waals surface area contributed by atoms with Crippen LogP contribution in [0.4, 0.5) is 14.9 Å². The number of nitrogens with one attached hydrogen (secondary N) is 2. The molecule has 0 radical (unpaired) electrons. The number of carboxylic acid groups (broad SMARTS) is 1. The summed E-state index contributed by atoms with van der Waals surface area (Å²) in [5.41, 5.74) is -0.250. The van der Waals surface area contributed by atoms with Crippen LogP contribution in [0.1, 0.15) is 23.2 Å². The molecular weight excluding hydrogens is 279 g/mol. The number of carbonyl (C=O) groups excluding carboxylic acids is 1. The number of ether oxygens (including phenoxy) is 1. The summed E-state index contributed by atoms with van der Waals surface area (Å²) in [6.45, 7) is 1.78. The molecule has 1 heterocycles. The van der Waals surface area contributed by atoms with E-state index in [2.05, 4.69) is 10.6 Å². The van der Waals surface area contributed by atoms with E-state index in [1.807, 2.05) is 0 Å². The molecule has 6 nitrogen and oxygen atoms in total. The largest absolute Gasteiger partial charge is 0.478 e. The van der Waals surface area contributed by atoms with Gasteiger partial charge < -0.3 is 20.5 Å². The molecule has 0 bridgehead atoms. The number of halogens is 1. The van der Waals surface area contributed by atoms with E-state index in [-0.39, 0.29) is 17.2 Å². The van der Waals surface area contributed by atoms with Crippen LogP contribution < -0.4 is 10.6 Å². The number of aromatic carboxylic acids is 1. The van der Waals surface area contributed by atoms with Gasteiger partial charge in [-0.1, -0.05) is 0 Å². The van der Waals surface area contributed by atoms with E-state index in [1.165, 1.54) is 0 Å². The smallest absolute Gasteiger partial charge is 0.335 e. The molecule has 7 heteroatoms. The highest BCUT2D eigenvalue weighted by Gasteiger charge is 2.16. The zero-order chi connectivity index (χ0) is 15.2. The van der Waals surface area contributed by atoms with Gasteiger partial charge in [-0.3, -0.25) is 0 Å². The summed E-state index contributed by atoms with van der Waals surface area (Å²) >= 11 is 0. The monoisotopic (exact) mass is 296 g/mol. The van der Waals surface area contributed by atoms with Gasteiger partial charge in [-0.25, -0.2) is 14.0 Å². The Morgan fingerprint density at radius 1 is 1.43 bits per heavy atom. The molecule has 0 aromatic heterocycles. The van der Waals surface area contributed by atoms with Crippen molar-refractivity contribution >= 4 is 17.7 Å². The van der Waals surface area contributed by atoms with Gasteiger partial charge in [0.25, 0.3) is 0 Å². The lowest BCUT2D eigenvalue weighted by Crippen LogP contribution is -2.36. The molecule has 2 rings (SSSR count). The van der Waals surface area contributed by atoms with Crippen molar-refractivity contribution in [2.45, 2.75) is 12.8 Å². The van der Waals surface area contributed by atoms with E-state index in [4.69, 9.17) is 9.84 Å². The summed E-state index contributed by atoms with van der Waals surface area (Å²) in [5.74, 6) is -1.62. The molecule has 1 unspecified atom stereocenters. The Bertz CT molecular complexity index is 530. The SMILES string of the molecule is O=C(NCC1CCCOC1)Nc1cc(C(=O)O)ccc1F. The minimum atomic E-state index is -1.18. The third kappa shape index (κ3) is 4.42. The summed E-state index contributed by atoms with van der Waals surface area (Å²) in [4.78, 5) is 22.5. The number of carbonyl (C=O) groups is 2. The van der Waals surface area contributed by atoms with Crippen LogP contribution in [-0.4, -0.2) is 36.9 Å². The quantitative estimate of drug-likeness (QED) is 0.793. The molecule has 1 fully saturated rings. The van der Waals surface area contributed by atoms with Gasteiger partial charge in [0.15, 0.2) is 0 Å². The predicted octanol–water partition coefficient (Wildman–Crippen LogP) is 2.07. The van der Waals surface area contributed by atoms with Gasteiger partial charge in [-0.15, -0.1) is 0 Å². The first-order valence-electron chi connectivity index (χ1n) is 6.71. The Morgan fingerprint density at radius 2 is 2.24 bits per heavy atom. The number of hydrogen-bond acceptors (Lipinski definition) is 3. The lowest BCUT2D eigenvalue weighted by Gasteiger charge is -2.22. The van der Waals surface area contributed by atoms with Crippen molar-refractivity contribution in [3.05, 3.63) is 29.6 Å². The van der Waals surface area contributed by atoms with Gasteiger partial charge in [0, 0.05) is 13.2 Å². The van der Waals surface area contributed by atoms with Crippen molar-refractivity contribution < 1.29 is 23.8 Å². The van der Waals surface area contributed by atoms with Crippen molar-refractivity contribution in [2.75, 3.05) is 25.1 Å². The zero-order valence-corrected chi connectivity index (χ0v) is 11.4. The number of amides is 2. The van der Waals surface area contributed by atoms with E-state index in [0.717, 1.165) is 37.6 Å². The van der Waals surface area contributed by atoms with Crippen LogP contribution in [0.2, 0.25) is 0 Å². The molecule has 3 N–H and O–H groups in total. The predicted molar refractivity (Wildman–Crippen MR) is 73.9 cm³/mol. The number of carboxylic acids is 1.